The molecule has 51 heavy (non-hydrogen) atoms. The maximum Gasteiger partial charge on any atom is 0.313 e. The summed E-state index contributed by atoms with van der Waals surface area (Å²) < 4.78 is 13.0. The van der Waals surface area contributed by atoms with E-state index in [9.17, 15) is 24.3 Å². The molecule has 10 nitrogen and oxygen atoms in total. The maximum absolute atomic E-state index is 14.8. The second-order valence-electron chi connectivity index (χ2n) is 13.8. The molecule has 10 heteroatoms. The molecule has 3 saturated heterocycles. The molecule has 0 saturated carbocycles. The monoisotopic (exact) mass is 693 g/mol. The fourth-order valence-corrected chi connectivity index (χ4v) is 8.25. The third-order valence-corrected chi connectivity index (χ3v) is 10.9. The molecular formula is C41H47N3O7. The Morgan fingerprint density at radius 2 is 1.78 bits per heavy atom. The molecule has 0 radical (unpaired) electrons. The lowest BCUT2D eigenvalue weighted by Crippen LogP contribution is -2.56. The van der Waals surface area contributed by atoms with Crippen LogP contribution in [-0.2, 0) is 28.7 Å². The smallest absolute Gasteiger partial charge is 0.313 e. The zero-order chi connectivity index (χ0) is 36.3. The van der Waals surface area contributed by atoms with Crippen LogP contribution in [0, 0.1) is 11.8 Å². The van der Waals surface area contributed by atoms with Gasteiger partial charge in [0.25, 0.3) is 5.91 Å². The lowest BCUT2D eigenvalue weighted by Gasteiger charge is -2.37. The van der Waals surface area contributed by atoms with Gasteiger partial charge >= 0.3 is 5.97 Å². The summed E-state index contributed by atoms with van der Waals surface area (Å²) in [6.45, 7) is 9.60. The standard InChI is InChI=1S/C41H47N3O7/c1-5-7-18-33(46)42(4)27(3)36(29-15-9-8-10-16-29)50-40(49)34-32-21-22-41(51-32)35(34)38(47)44(24-13-25-45)37(41)39(48)43(23-6-2)31-20-19-28-14-11-12-17-30(28)26-31/h5-6,8-12,14-17,19-20,26-27,32,34-37,45H,1-2,7,13,18,21-25H2,3-4H3/t27-,32+,34-,35-,36+,37+,41-/m1/s1. The summed E-state index contributed by atoms with van der Waals surface area (Å²) in [4.78, 5) is 61.5. The molecule has 0 aliphatic carbocycles. The molecule has 3 amide bonds. The number of esters is 1. The summed E-state index contributed by atoms with van der Waals surface area (Å²) in [6, 6.07) is 21.4. The summed E-state index contributed by atoms with van der Waals surface area (Å²) in [5, 5.41) is 11.8. The van der Waals surface area contributed by atoms with Gasteiger partial charge in [0.15, 0.2) is 0 Å². The number of hydrogen-bond acceptors (Lipinski definition) is 7. The quantitative estimate of drug-likeness (QED) is 0.172. The highest BCUT2D eigenvalue weighted by molar-refractivity contribution is 6.05. The van der Waals surface area contributed by atoms with Crippen LogP contribution in [0.25, 0.3) is 10.8 Å². The van der Waals surface area contributed by atoms with Crippen LogP contribution in [0.2, 0.25) is 0 Å². The molecule has 2 bridgehead atoms. The number of likely N-dealkylation sites (N-methyl/N-ethyl adjacent to an activating group) is 1. The molecule has 3 fully saturated rings. The van der Waals surface area contributed by atoms with E-state index in [1.807, 2.05) is 79.7 Å². The van der Waals surface area contributed by atoms with Gasteiger partial charge in [0.05, 0.1) is 24.0 Å². The highest BCUT2D eigenvalue weighted by Crippen LogP contribution is 2.59. The second kappa shape index (κ2) is 15.2. The summed E-state index contributed by atoms with van der Waals surface area (Å²) >= 11 is 0. The van der Waals surface area contributed by atoms with Gasteiger partial charge < -0.3 is 29.3 Å². The van der Waals surface area contributed by atoms with Crippen LogP contribution in [-0.4, -0.2) is 89.1 Å². The Labute approximate surface area is 299 Å². The molecular weight excluding hydrogens is 646 g/mol. The second-order valence-corrected chi connectivity index (χ2v) is 13.8. The van der Waals surface area contributed by atoms with E-state index in [0.29, 0.717) is 30.5 Å². The van der Waals surface area contributed by atoms with Crippen LogP contribution in [0.15, 0.2) is 98.1 Å². The number of ether oxygens (including phenoxy) is 2. The van der Waals surface area contributed by atoms with Gasteiger partial charge in [-0.2, -0.15) is 0 Å². The van der Waals surface area contributed by atoms with E-state index >= 15 is 0 Å². The SMILES string of the molecule is C=CCCC(=O)N(C)[C@H](C)[C@H](OC(=O)[C@@H]1[C@@H]2CC[C@]3(O2)[C@H](C(=O)N(CC=C)c2ccc4ccccc4c2)N(CCCO)C(=O)[C@@H]13)c1ccccc1. The number of fused-ring (bicyclic) bond motifs is 2. The molecule has 0 aromatic heterocycles. The molecule has 6 rings (SSSR count). The van der Waals surface area contributed by atoms with Crippen LogP contribution in [0.4, 0.5) is 5.69 Å². The highest BCUT2D eigenvalue weighted by Gasteiger charge is 2.75. The van der Waals surface area contributed by atoms with Crippen molar-refractivity contribution in [3.8, 4) is 0 Å². The molecule has 7 atom stereocenters. The number of aliphatic hydroxyl groups is 1. The Morgan fingerprint density at radius 1 is 1.06 bits per heavy atom. The van der Waals surface area contributed by atoms with Crippen molar-refractivity contribution >= 4 is 40.2 Å². The Bertz CT molecular complexity index is 1800. The Kier molecular flexibility index (Phi) is 10.7. The zero-order valence-corrected chi connectivity index (χ0v) is 29.4. The number of likely N-dealkylation sites (tertiary alicyclic amines) is 1. The van der Waals surface area contributed by atoms with Gasteiger partial charge in [-0.25, -0.2) is 0 Å². The molecule has 3 aromatic rings. The average molecular weight is 694 g/mol. The van der Waals surface area contributed by atoms with Gasteiger partial charge in [-0.1, -0.05) is 72.8 Å². The van der Waals surface area contributed by atoms with Crippen molar-refractivity contribution in [2.24, 2.45) is 11.8 Å². The maximum atomic E-state index is 14.8. The number of hydrogen-bond donors (Lipinski definition) is 1. The summed E-state index contributed by atoms with van der Waals surface area (Å²) in [7, 11) is 1.69. The number of benzene rings is 3. The van der Waals surface area contributed by atoms with E-state index in [1.165, 1.54) is 4.90 Å². The first-order valence-corrected chi connectivity index (χ1v) is 17.8. The molecule has 3 heterocycles. The number of aliphatic hydroxyl groups excluding tert-OH is 1. The van der Waals surface area contributed by atoms with Crippen LogP contribution in [0.1, 0.15) is 50.7 Å². The number of rotatable bonds is 15. The van der Waals surface area contributed by atoms with Crippen molar-refractivity contribution in [2.45, 2.75) is 68.9 Å². The van der Waals surface area contributed by atoms with E-state index in [0.717, 1.165) is 10.8 Å². The van der Waals surface area contributed by atoms with Crippen molar-refractivity contribution in [1.29, 1.82) is 0 Å². The van der Waals surface area contributed by atoms with Crippen LogP contribution >= 0.6 is 0 Å². The number of allylic oxidation sites excluding steroid dienone is 1. The van der Waals surface area contributed by atoms with Crippen molar-refractivity contribution in [3.05, 3.63) is 104 Å². The lowest BCUT2D eigenvalue weighted by molar-refractivity contribution is -0.164. The number of carbonyl (C=O) groups is 4. The highest BCUT2D eigenvalue weighted by atomic mass is 16.6. The largest absolute Gasteiger partial charge is 0.455 e. The number of nitrogens with zero attached hydrogens (tertiary/aromatic N) is 3. The van der Waals surface area contributed by atoms with Crippen LogP contribution < -0.4 is 4.90 Å². The lowest BCUT2D eigenvalue weighted by atomic mass is 9.70. The van der Waals surface area contributed by atoms with Gasteiger partial charge in [0.2, 0.25) is 11.8 Å². The van der Waals surface area contributed by atoms with E-state index in [-0.39, 0.29) is 50.3 Å². The molecule has 3 aliphatic rings. The Balaban J connectivity index is 1.33. The summed E-state index contributed by atoms with van der Waals surface area (Å²) in [5.41, 5.74) is 0.119. The number of anilines is 1. The van der Waals surface area contributed by atoms with Crippen LogP contribution in [0.3, 0.4) is 0 Å². The normalized spacial score (nSPS) is 24.5. The molecule has 3 aliphatic heterocycles. The van der Waals surface area contributed by atoms with Gasteiger partial charge in [0, 0.05) is 38.9 Å². The van der Waals surface area contributed by atoms with Gasteiger partial charge in [-0.05, 0) is 61.1 Å². The van der Waals surface area contributed by atoms with Crippen molar-refractivity contribution in [1.82, 2.24) is 9.80 Å². The van der Waals surface area contributed by atoms with E-state index in [1.54, 1.807) is 29.0 Å². The zero-order valence-electron chi connectivity index (χ0n) is 29.4. The predicted molar refractivity (Wildman–Crippen MR) is 194 cm³/mol. The minimum atomic E-state index is -1.25. The van der Waals surface area contributed by atoms with Crippen LogP contribution in [0.5, 0.6) is 0 Å². The molecule has 1 N–H and O–H groups in total. The van der Waals surface area contributed by atoms with E-state index < -0.39 is 47.7 Å². The van der Waals surface area contributed by atoms with Crippen molar-refractivity contribution in [2.75, 3.05) is 31.6 Å². The van der Waals surface area contributed by atoms with E-state index in [4.69, 9.17) is 9.47 Å². The third-order valence-electron chi connectivity index (χ3n) is 10.9. The van der Waals surface area contributed by atoms with Crippen molar-refractivity contribution in [3.63, 3.8) is 0 Å². The topological polar surface area (TPSA) is 117 Å². The molecule has 0 unspecified atom stereocenters. The average Bonchev–Trinajstić information content (AvgIpc) is 3.80. The number of amides is 3. The van der Waals surface area contributed by atoms with Gasteiger partial charge in [0.1, 0.15) is 17.7 Å². The van der Waals surface area contributed by atoms with E-state index in [2.05, 4.69) is 13.2 Å². The Morgan fingerprint density at radius 3 is 2.49 bits per heavy atom. The minimum Gasteiger partial charge on any atom is -0.455 e. The minimum absolute atomic E-state index is 0.107. The molecule has 1 spiro atoms. The molecule has 3 aromatic carbocycles. The van der Waals surface area contributed by atoms with Gasteiger partial charge in [-0.15, -0.1) is 13.2 Å². The van der Waals surface area contributed by atoms with Crippen molar-refractivity contribution < 1.29 is 33.8 Å². The first kappa shape index (κ1) is 36.0. The predicted octanol–water partition coefficient (Wildman–Crippen LogP) is 5.21. The molecule has 268 valence electrons. The fraction of sp³-hybridized carbons (Fsp3) is 0.415. The van der Waals surface area contributed by atoms with Gasteiger partial charge in [-0.3, -0.25) is 19.2 Å². The summed E-state index contributed by atoms with van der Waals surface area (Å²) in [6.07, 6.45) is 3.86. The first-order valence-electron chi connectivity index (χ1n) is 17.8. The summed E-state index contributed by atoms with van der Waals surface area (Å²) in [5.74, 6) is -3.29. The number of carbonyl (C=O) groups excluding carboxylic acids is 4. The first-order chi connectivity index (χ1) is 24.7. The Hall–Kier alpha value is -4.80. The third kappa shape index (κ3) is 6.58. The fourth-order valence-electron chi connectivity index (χ4n) is 8.25.